The van der Waals surface area contributed by atoms with Crippen LogP contribution in [0.4, 0.5) is 0 Å². The van der Waals surface area contributed by atoms with Crippen LogP contribution in [0.3, 0.4) is 0 Å². The van der Waals surface area contributed by atoms with Crippen molar-refractivity contribution in [1.29, 1.82) is 0 Å². The van der Waals surface area contributed by atoms with E-state index < -0.39 is 0 Å². The minimum atomic E-state index is 0.179. The van der Waals surface area contributed by atoms with Gasteiger partial charge in [0.15, 0.2) is 0 Å². The average Bonchev–Trinajstić information content (AvgIpc) is 2.75. The Morgan fingerprint density at radius 3 is 1.92 bits per heavy atom. The van der Waals surface area contributed by atoms with Gasteiger partial charge in [-0.05, 0) is 49.3 Å². The van der Waals surface area contributed by atoms with Crippen LogP contribution in [0.15, 0.2) is 60.7 Å². The monoisotopic (exact) mass is 348 g/mol. The number of carbonyl (C=O) groups excluding carboxylic acids is 1. The lowest BCUT2D eigenvalue weighted by atomic mass is 9.81. The molecular weight excluding hydrogens is 320 g/mol. The van der Waals surface area contributed by atoms with E-state index in [1.54, 1.807) is 0 Å². The first-order chi connectivity index (χ1) is 12.8. The maximum atomic E-state index is 12.6. The highest BCUT2D eigenvalue weighted by atomic mass is 16.2. The lowest BCUT2D eigenvalue weighted by molar-refractivity contribution is 0.0514. The Morgan fingerprint density at radius 1 is 0.731 bits per heavy atom. The second-order valence-electron chi connectivity index (χ2n) is 7.61. The first-order valence-corrected chi connectivity index (χ1v) is 9.94. The molecule has 2 aliphatic rings. The summed E-state index contributed by atoms with van der Waals surface area (Å²) in [7, 11) is 0. The van der Waals surface area contributed by atoms with Gasteiger partial charge in [0.25, 0.3) is 5.91 Å². The van der Waals surface area contributed by atoms with Crippen LogP contribution in [0.25, 0.3) is 0 Å². The lowest BCUT2D eigenvalue weighted by Crippen LogP contribution is -2.52. The minimum Gasteiger partial charge on any atom is -0.336 e. The number of nitrogens with zero attached hydrogens (tertiary/aromatic N) is 2. The van der Waals surface area contributed by atoms with E-state index in [-0.39, 0.29) is 5.91 Å². The van der Waals surface area contributed by atoms with E-state index >= 15 is 0 Å². The van der Waals surface area contributed by atoms with Gasteiger partial charge in [-0.1, -0.05) is 48.5 Å². The Morgan fingerprint density at radius 2 is 1.31 bits per heavy atom. The number of hydrogen-bond acceptors (Lipinski definition) is 2. The van der Waals surface area contributed by atoms with Crippen LogP contribution in [0.2, 0.25) is 0 Å². The SMILES string of the molecule is O=C(c1ccccc1)N1CCN(C2CCC(c3ccccc3)CC2)CC1. The molecule has 1 amide bonds. The summed E-state index contributed by atoms with van der Waals surface area (Å²) in [4.78, 5) is 17.2. The van der Waals surface area contributed by atoms with Crippen molar-refractivity contribution in [3.05, 3.63) is 71.8 Å². The fourth-order valence-electron chi connectivity index (χ4n) is 4.55. The summed E-state index contributed by atoms with van der Waals surface area (Å²) in [6.07, 6.45) is 5.15. The van der Waals surface area contributed by atoms with Crippen LogP contribution in [-0.4, -0.2) is 47.9 Å². The molecule has 2 aromatic rings. The molecule has 1 aliphatic carbocycles. The van der Waals surface area contributed by atoms with Crippen LogP contribution >= 0.6 is 0 Å². The Balaban J connectivity index is 1.27. The predicted octanol–water partition coefficient (Wildman–Crippen LogP) is 4.17. The molecule has 3 nitrogen and oxygen atoms in total. The minimum absolute atomic E-state index is 0.179. The standard InChI is InChI=1S/C23H28N2O/c26-23(21-9-5-2-6-10-21)25-17-15-24(16-18-25)22-13-11-20(12-14-22)19-7-3-1-4-8-19/h1-10,20,22H,11-18H2. The van der Waals surface area contributed by atoms with Crippen LogP contribution in [0, 0.1) is 0 Å². The van der Waals surface area contributed by atoms with Gasteiger partial charge in [0.1, 0.15) is 0 Å². The first kappa shape index (κ1) is 17.3. The number of piperazine rings is 1. The largest absolute Gasteiger partial charge is 0.336 e. The van der Waals surface area contributed by atoms with Gasteiger partial charge in [0.2, 0.25) is 0 Å². The van der Waals surface area contributed by atoms with Crippen LogP contribution in [0.5, 0.6) is 0 Å². The van der Waals surface area contributed by atoms with Crippen LogP contribution in [-0.2, 0) is 0 Å². The van der Waals surface area contributed by atoms with Gasteiger partial charge in [0, 0.05) is 37.8 Å². The predicted molar refractivity (Wildman–Crippen MR) is 105 cm³/mol. The van der Waals surface area contributed by atoms with Crippen molar-refractivity contribution in [2.45, 2.75) is 37.6 Å². The third-order valence-electron chi connectivity index (χ3n) is 6.11. The second-order valence-corrected chi connectivity index (χ2v) is 7.61. The fraction of sp³-hybridized carbons (Fsp3) is 0.435. The molecule has 1 heterocycles. The Bertz CT molecular complexity index is 700. The third kappa shape index (κ3) is 3.83. The molecule has 1 aliphatic heterocycles. The molecule has 26 heavy (non-hydrogen) atoms. The fourth-order valence-corrected chi connectivity index (χ4v) is 4.55. The summed E-state index contributed by atoms with van der Waals surface area (Å²) < 4.78 is 0. The zero-order chi connectivity index (χ0) is 17.8. The van der Waals surface area contributed by atoms with Crippen molar-refractivity contribution in [3.8, 4) is 0 Å². The molecule has 2 fully saturated rings. The summed E-state index contributed by atoms with van der Waals surface area (Å²) in [6, 6.07) is 21.3. The maximum Gasteiger partial charge on any atom is 0.253 e. The van der Waals surface area contributed by atoms with E-state index in [9.17, 15) is 4.79 Å². The Labute approximate surface area is 156 Å². The summed E-state index contributed by atoms with van der Waals surface area (Å²) in [5.41, 5.74) is 2.31. The smallest absolute Gasteiger partial charge is 0.253 e. The zero-order valence-corrected chi connectivity index (χ0v) is 15.4. The van der Waals surface area contributed by atoms with E-state index in [0.29, 0.717) is 6.04 Å². The molecule has 2 aromatic carbocycles. The van der Waals surface area contributed by atoms with Crippen molar-refractivity contribution in [3.63, 3.8) is 0 Å². The number of rotatable bonds is 3. The van der Waals surface area contributed by atoms with Gasteiger partial charge >= 0.3 is 0 Å². The molecule has 0 N–H and O–H groups in total. The van der Waals surface area contributed by atoms with Crippen molar-refractivity contribution in [2.75, 3.05) is 26.2 Å². The van der Waals surface area contributed by atoms with E-state index in [2.05, 4.69) is 35.2 Å². The Kier molecular flexibility index (Phi) is 5.35. The molecule has 0 unspecified atom stereocenters. The van der Waals surface area contributed by atoms with E-state index in [1.807, 2.05) is 35.2 Å². The quantitative estimate of drug-likeness (QED) is 0.831. The molecular formula is C23H28N2O. The van der Waals surface area contributed by atoms with Gasteiger partial charge in [-0.25, -0.2) is 0 Å². The van der Waals surface area contributed by atoms with Crippen LogP contribution < -0.4 is 0 Å². The molecule has 136 valence electrons. The third-order valence-corrected chi connectivity index (χ3v) is 6.11. The van der Waals surface area contributed by atoms with E-state index in [0.717, 1.165) is 37.7 Å². The van der Waals surface area contributed by atoms with Gasteiger partial charge in [-0.2, -0.15) is 0 Å². The summed E-state index contributed by atoms with van der Waals surface area (Å²) in [5, 5.41) is 0. The molecule has 3 heteroatoms. The van der Waals surface area contributed by atoms with Crippen molar-refractivity contribution in [2.24, 2.45) is 0 Å². The second kappa shape index (κ2) is 8.05. The number of carbonyl (C=O) groups is 1. The number of amides is 1. The highest BCUT2D eigenvalue weighted by Gasteiger charge is 2.30. The van der Waals surface area contributed by atoms with Crippen LogP contribution in [0.1, 0.15) is 47.5 Å². The van der Waals surface area contributed by atoms with Gasteiger partial charge in [-0.15, -0.1) is 0 Å². The van der Waals surface area contributed by atoms with Gasteiger partial charge < -0.3 is 4.90 Å². The van der Waals surface area contributed by atoms with E-state index in [1.165, 1.54) is 31.2 Å². The molecule has 1 saturated heterocycles. The molecule has 0 radical (unpaired) electrons. The normalized spacial score (nSPS) is 24.4. The molecule has 0 bridgehead atoms. The highest BCUT2D eigenvalue weighted by molar-refractivity contribution is 5.94. The summed E-state index contributed by atoms with van der Waals surface area (Å²) in [5.74, 6) is 0.909. The topological polar surface area (TPSA) is 23.6 Å². The van der Waals surface area contributed by atoms with Gasteiger partial charge in [-0.3, -0.25) is 9.69 Å². The molecule has 0 atom stereocenters. The zero-order valence-electron chi connectivity index (χ0n) is 15.4. The highest BCUT2D eigenvalue weighted by Crippen LogP contribution is 2.34. The lowest BCUT2D eigenvalue weighted by Gasteiger charge is -2.42. The first-order valence-electron chi connectivity index (χ1n) is 9.94. The van der Waals surface area contributed by atoms with Gasteiger partial charge in [0.05, 0.1) is 0 Å². The van der Waals surface area contributed by atoms with Crippen molar-refractivity contribution < 1.29 is 4.79 Å². The number of hydrogen-bond donors (Lipinski definition) is 0. The molecule has 4 rings (SSSR count). The summed E-state index contributed by atoms with van der Waals surface area (Å²) in [6.45, 7) is 3.73. The molecule has 1 saturated carbocycles. The maximum absolute atomic E-state index is 12.6. The van der Waals surface area contributed by atoms with Crippen molar-refractivity contribution >= 4 is 5.91 Å². The Hall–Kier alpha value is -2.13. The molecule has 0 spiro atoms. The van der Waals surface area contributed by atoms with E-state index in [4.69, 9.17) is 0 Å². The summed E-state index contributed by atoms with van der Waals surface area (Å²) >= 11 is 0. The molecule has 0 aromatic heterocycles. The number of benzene rings is 2. The average molecular weight is 348 g/mol. The van der Waals surface area contributed by atoms with Crippen molar-refractivity contribution in [1.82, 2.24) is 9.80 Å².